The van der Waals surface area contributed by atoms with Crippen LogP contribution in [0.3, 0.4) is 0 Å². The third-order valence-corrected chi connectivity index (χ3v) is 6.60. The summed E-state index contributed by atoms with van der Waals surface area (Å²) in [6.45, 7) is 0. The smallest absolute Gasteiger partial charge is 0.252 e. The highest BCUT2D eigenvalue weighted by Gasteiger charge is 2.43. The zero-order chi connectivity index (χ0) is 20.0. The molecule has 1 aliphatic carbocycles. The average molecular weight is 428 g/mol. The largest absolute Gasteiger partial charge is 0.382 e. The molecule has 10 heteroatoms. The van der Waals surface area contributed by atoms with Gasteiger partial charge in [-0.25, -0.2) is 9.97 Å². The van der Waals surface area contributed by atoms with E-state index in [4.69, 9.17) is 17.3 Å². The zero-order valence-corrected chi connectivity index (χ0v) is 17.0. The Labute approximate surface area is 175 Å². The van der Waals surface area contributed by atoms with Crippen molar-refractivity contribution in [2.45, 2.75) is 37.6 Å². The van der Waals surface area contributed by atoms with Crippen LogP contribution in [0, 0.1) is 0 Å². The molecular formula is C19H18ClN7OS. The number of nitrogen functional groups attached to an aromatic ring is 1. The second-order valence-electron chi connectivity index (χ2n) is 7.20. The number of anilines is 2. The topological polar surface area (TPSA) is 112 Å². The van der Waals surface area contributed by atoms with Gasteiger partial charge < -0.3 is 5.73 Å². The van der Waals surface area contributed by atoms with E-state index in [0.717, 1.165) is 29.5 Å². The summed E-state index contributed by atoms with van der Waals surface area (Å²) in [7, 11) is 0. The first-order chi connectivity index (χ1) is 14.1. The van der Waals surface area contributed by atoms with Gasteiger partial charge in [-0.15, -0.1) is 0 Å². The Morgan fingerprint density at radius 2 is 1.97 bits per heavy atom. The maximum absolute atomic E-state index is 13.6. The first-order valence-corrected chi connectivity index (χ1v) is 10.6. The van der Waals surface area contributed by atoms with Gasteiger partial charge in [0.1, 0.15) is 11.1 Å². The molecule has 0 aliphatic heterocycles. The molecule has 4 aromatic rings. The molecule has 1 aromatic carbocycles. The number of nitrogens with one attached hydrogen (secondary N) is 1. The SMILES string of the molecule is Nc1nc(Cl)nc2c1ncn2C1(C(=O)Nc2nc3ccccc3s2)CCCCC1. The highest BCUT2D eigenvalue weighted by molar-refractivity contribution is 7.22. The first-order valence-electron chi connectivity index (χ1n) is 9.40. The lowest BCUT2D eigenvalue weighted by molar-refractivity contribution is -0.126. The minimum atomic E-state index is -0.824. The van der Waals surface area contributed by atoms with Gasteiger partial charge in [0.25, 0.3) is 5.91 Å². The summed E-state index contributed by atoms with van der Waals surface area (Å²) < 4.78 is 2.84. The average Bonchev–Trinajstić information content (AvgIpc) is 3.32. The zero-order valence-electron chi connectivity index (χ0n) is 15.4. The quantitative estimate of drug-likeness (QED) is 0.478. The summed E-state index contributed by atoms with van der Waals surface area (Å²) in [6.07, 6.45) is 5.92. The van der Waals surface area contributed by atoms with Crippen LogP contribution in [0.5, 0.6) is 0 Å². The second-order valence-corrected chi connectivity index (χ2v) is 8.57. The van der Waals surface area contributed by atoms with Gasteiger partial charge in [0.05, 0.1) is 16.5 Å². The molecule has 1 saturated carbocycles. The molecule has 0 saturated heterocycles. The summed E-state index contributed by atoms with van der Waals surface area (Å²) in [4.78, 5) is 30.8. The van der Waals surface area contributed by atoms with Crippen molar-refractivity contribution in [1.82, 2.24) is 24.5 Å². The van der Waals surface area contributed by atoms with Crippen molar-refractivity contribution in [3.63, 3.8) is 0 Å². The number of thiazole rings is 1. The van der Waals surface area contributed by atoms with Crippen LogP contribution in [-0.4, -0.2) is 30.4 Å². The van der Waals surface area contributed by atoms with Gasteiger partial charge in [0, 0.05) is 0 Å². The Bertz CT molecular complexity index is 1190. The van der Waals surface area contributed by atoms with Crippen LogP contribution in [0.4, 0.5) is 10.9 Å². The molecule has 1 amide bonds. The van der Waals surface area contributed by atoms with Crippen molar-refractivity contribution in [2.75, 3.05) is 11.1 Å². The molecule has 0 bridgehead atoms. The van der Waals surface area contributed by atoms with E-state index in [0.29, 0.717) is 29.1 Å². The Kier molecular flexibility index (Phi) is 4.36. The van der Waals surface area contributed by atoms with Crippen LogP contribution in [0.25, 0.3) is 21.4 Å². The van der Waals surface area contributed by atoms with Crippen LogP contribution in [0.15, 0.2) is 30.6 Å². The van der Waals surface area contributed by atoms with Crippen molar-refractivity contribution >= 4 is 61.2 Å². The number of rotatable bonds is 3. The van der Waals surface area contributed by atoms with Crippen molar-refractivity contribution < 1.29 is 4.79 Å². The van der Waals surface area contributed by atoms with Gasteiger partial charge in [-0.3, -0.25) is 14.7 Å². The van der Waals surface area contributed by atoms with Crippen LogP contribution in [0.1, 0.15) is 32.1 Å². The summed E-state index contributed by atoms with van der Waals surface area (Å²) in [5, 5.41) is 3.65. The Hall–Kier alpha value is -2.78. The number of imidazole rings is 1. The third-order valence-electron chi connectivity index (χ3n) is 5.47. The molecule has 0 radical (unpaired) electrons. The fraction of sp³-hybridized carbons (Fsp3) is 0.316. The van der Waals surface area contributed by atoms with Gasteiger partial charge in [-0.05, 0) is 36.6 Å². The lowest BCUT2D eigenvalue weighted by Gasteiger charge is -2.36. The number of carbonyl (C=O) groups excluding carboxylic acids is 1. The number of halogens is 1. The van der Waals surface area contributed by atoms with E-state index in [1.807, 2.05) is 28.8 Å². The molecule has 3 heterocycles. The monoisotopic (exact) mass is 427 g/mol. The second kappa shape index (κ2) is 6.93. The third kappa shape index (κ3) is 3.01. The Morgan fingerprint density at radius 3 is 2.76 bits per heavy atom. The van der Waals surface area contributed by atoms with E-state index in [1.165, 1.54) is 11.3 Å². The number of benzene rings is 1. The molecule has 5 rings (SSSR count). The van der Waals surface area contributed by atoms with Crippen LogP contribution in [0.2, 0.25) is 5.28 Å². The number of aromatic nitrogens is 5. The molecule has 1 fully saturated rings. The number of amides is 1. The predicted octanol–water partition coefficient (Wildman–Crippen LogP) is 3.97. The van der Waals surface area contributed by atoms with E-state index in [1.54, 1.807) is 6.33 Å². The van der Waals surface area contributed by atoms with E-state index in [-0.39, 0.29) is 17.0 Å². The van der Waals surface area contributed by atoms with Crippen molar-refractivity contribution in [3.8, 4) is 0 Å². The molecule has 3 aromatic heterocycles. The van der Waals surface area contributed by atoms with Crippen LogP contribution >= 0.6 is 22.9 Å². The van der Waals surface area contributed by atoms with E-state index in [9.17, 15) is 4.79 Å². The Balaban J connectivity index is 1.58. The number of hydrogen-bond donors (Lipinski definition) is 2. The lowest BCUT2D eigenvalue weighted by atomic mass is 9.80. The molecule has 148 valence electrons. The maximum Gasteiger partial charge on any atom is 0.252 e. The van der Waals surface area contributed by atoms with E-state index >= 15 is 0 Å². The molecule has 1 aliphatic rings. The normalized spacial score (nSPS) is 16.3. The van der Waals surface area contributed by atoms with Crippen LogP contribution in [-0.2, 0) is 10.3 Å². The minimum absolute atomic E-state index is 0.0364. The van der Waals surface area contributed by atoms with Crippen molar-refractivity contribution in [3.05, 3.63) is 35.9 Å². The molecule has 8 nitrogen and oxygen atoms in total. The number of fused-ring (bicyclic) bond motifs is 2. The minimum Gasteiger partial charge on any atom is -0.382 e. The number of nitrogens with zero attached hydrogens (tertiary/aromatic N) is 5. The van der Waals surface area contributed by atoms with E-state index < -0.39 is 5.54 Å². The van der Waals surface area contributed by atoms with Crippen molar-refractivity contribution in [1.29, 1.82) is 0 Å². The Morgan fingerprint density at radius 1 is 1.17 bits per heavy atom. The van der Waals surface area contributed by atoms with Gasteiger partial charge in [-0.1, -0.05) is 42.7 Å². The van der Waals surface area contributed by atoms with E-state index in [2.05, 4.69) is 25.3 Å². The fourth-order valence-corrected chi connectivity index (χ4v) is 5.09. The summed E-state index contributed by atoms with van der Waals surface area (Å²) >= 11 is 7.50. The number of para-hydroxylation sites is 1. The molecule has 3 N–H and O–H groups in total. The molecule has 29 heavy (non-hydrogen) atoms. The lowest BCUT2D eigenvalue weighted by Crippen LogP contribution is -2.46. The highest BCUT2D eigenvalue weighted by Crippen LogP contribution is 2.39. The van der Waals surface area contributed by atoms with Crippen LogP contribution < -0.4 is 11.1 Å². The van der Waals surface area contributed by atoms with Crippen molar-refractivity contribution in [2.24, 2.45) is 0 Å². The number of nitrogens with two attached hydrogens (primary N) is 1. The predicted molar refractivity (Wildman–Crippen MR) is 114 cm³/mol. The number of carbonyl (C=O) groups is 1. The molecule has 0 atom stereocenters. The number of hydrogen-bond acceptors (Lipinski definition) is 7. The van der Waals surface area contributed by atoms with Gasteiger partial charge in [0.2, 0.25) is 5.28 Å². The molecule has 0 unspecified atom stereocenters. The summed E-state index contributed by atoms with van der Waals surface area (Å²) in [6, 6.07) is 7.81. The van der Waals surface area contributed by atoms with Gasteiger partial charge in [-0.2, -0.15) is 9.97 Å². The van der Waals surface area contributed by atoms with Gasteiger partial charge in [0.15, 0.2) is 16.6 Å². The first kappa shape index (κ1) is 18.3. The maximum atomic E-state index is 13.6. The summed E-state index contributed by atoms with van der Waals surface area (Å²) in [5.74, 6) is 0.0835. The standard InChI is InChI=1S/C19H18ClN7OS/c20-17-24-14(21)13-15(25-17)27(10-22-13)19(8-4-1-5-9-19)16(28)26-18-23-11-6-2-3-7-12(11)29-18/h2-3,6-7,10H,1,4-5,8-9H2,(H2,21,24,25)(H,23,26,28). The highest BCUT2D eigenvalue weighted by atomic mass is 35.5. The van der Waals surface area contributed by atoms with Gasteiger partial charge >= 0.3 is 0 Å². The summed E-state index contributed by atoms with van der Waals surface area (Å²) in [5.41, 5.74) is 6.93. The fourth-order valence-electron chi connectivity index (χ4n) is 4.06. The molecule has 0 spiro atoms. The molecular weight excluding hydrogens is 410 g/mol.